The first kappa shape index (κ1) is 15.1. The number of fused-ring (bicyclic) bond motifs is 3. The van der Waals surface area contributed by atoms with Crippen molar-refractivity contribution in [3.05, 3.63) is 75.3 Å². The molecule has 4 nitrogen and oxygen atoms in total. The highest BCUT2D eigenvalue weighted by atomic mass is 35.5. The molecular weight excluding hydrogens is 355 g/mol. The van der Waals surface area contributed by atoms with Crippen molar-refractivity contribution in [3.8, 4) is 5.69 Å². The van der Waals surface area contributed by atoms with Crippen LogP contribution in [0.4, 0.5) is 0 Å². The molecule has 0 amide bonds. The van der Waals surface area contributed by atoms with E-state index in [1.165, 1.54) is 12.8 Å². The summed E-state index contributed by atoms with van der Waals surface area (Å²) in [4.78, 5) is 4.82. The predicted molar refractivity (Wildman–Crippen MR) is 99.1 cm³/mol. The quantitative estimate of drug-likeness (QED) is 0.651. The summed E-state index contributed by atoms with van der Waals surface area (Å²) in [5, 5.41) is 10.2. The molecule has 1 aliphatic carbocycles. The Morgan fingerprint density at radius 2 is 1.80 bits per heavy atom. The van der Waals surface area contributed by atoms with Gasteiger partial charge >= 0.3 is 0 Å². The Hall–Kier alpha value is -2.17. The third-order valence-electron chi connectivity index (χ3n) is 4.66. The minimum absolute atomic E-state index is 0.465. The van der Waals surface area contributed by atoms with E-state index in [-0.39, 0.29) is 0 Å². The zero-order chi connectivity index (χ0) is 17.0. The van der Waals surface area contributed by atoms with Gasteiger partial charge in [-0.25, -0.2) is 0 Å². The first-order chi connectivity index (χ1) is 12.2. The van der Waals surface area contributed by atoms with Crippen molar-refractivity contribution in [2.45, 2.75) is 25.3 Å². The largest absolute Gasteiger partial charge is 0.280 e. The van der Waals surface area contributed by atoms with Gasteiger partial charge in [0.25, 0.3) is 0 Å². The van der Waals surface area contributed by atoms with Crippen LogP contribution < -0.4 is 0 Å². The molecule has 2 aliphatic rings. The van der Waals surface area contributed by atoms with Crippen LogP contribution in [0.15, 0.2) is 47.5 Å². The molecule has 1 fully saturated rings. The Morgan fingerprint density at radius 3 is 2.60 bits per heavy atom. The third kappa shape index (κ3) is 2.48. The third-order valence-corrected chi connectivity index (χ3v) is 5.22. The van der Waals surface area contributed by atoms with E-state index in [9.17, 15) is 0 Å². The maximum Gasteiger partial charge on any atom is 0.159 e. The Morgan fingerprint density at radius 1 is 0.960 bits per heavy atom. The summed E-state index contributed by atoms with van der Waals surface area (Å²) in [6.07, 6.45) is 2.33. The van der Waals surface area contributed by atoms with Crippen LogP contribution >= 0.6 is 23.2 Å². The fourth-order valence-electron chi connectivity index (χ4n) is 3.31. The molecular formula is C19H14Cl2N4. The molecule has 2 heterocycles. The van der Waals surface area contributed by atoms with Crippen LogP contribution in [0.3, 0.4) is 0 Å². The minimum Gasteiger partial charge on any atom is -0.280 e. The first-order valence-electron chi connectivity index (χ1n) is 8.26. The van der Waals surface area contributed by atoms with Gasteiger partial charge in [0.1, 0.15) is 12.4 Å². The van der Waals surface area contributed by atoms with E-state index in [4.69, 9.17) is 28.2 Å². The van der Waals surface area contributed by atoms with Crippen molar-refractivity contribution in [2.75, 3.05) is 0 Å². The molecule has 0 spiro atoms. The highest BCUT2D eigenvalue weighted by molar-refractivity contribution is 6.36. The number of hydrogen-bond donors (Lipinski definition) is 0. The van der Waals surface area contributed by atoms with Crippen molar-refractivity contribution in [2.24, 2.45) is 4.99 Å². The van der Waals surface area contributed by atoms with Crippen LogP contribution in [0.2, 0.25) is 10.0 Å². The molecule has 0 bridgehead atoms. The summed E-state index contributed by atoms with van der Waals surface area (Å²) in [5.74, 6) is 2.37. The Kier molecular flexibility index (Phi) is 3.43. The molecule has 0 radical (unpaired) electrons. The number of rotatable bonds is 2. The summed E-state index contributed by atoms with van der Waals surface area (Å²) in [6, 6.07) is 13.6. The summed E-state index contributed by atoms with van der Waals surface area (Å²) in [5.41, 5.74) is 3.72. The molecule has 1 aromatic heterocycles. The van der Waals surface area contributed by atoms with Crippen LogP contribution in [0.5, 0.6) is 0 Å². The smallest absolute Gasteiger partial charge is 0.159 e. The highest BCUT2D eigenvalue weighted by Gasteiger charge is 2.32. The molecule has 0 N–H and O–H groups in total. The lowest BCUT2D eigenvalue weighted by atomic mass is 10.0. The van der Waals surface area contributed by atoms with Crippen molar-refractivity contribution in [1.29, 1.82) is 0 Å². The van der Waals surface area contributed by atoms with Gasteiger partial charge in [0.05, 0.1) is 11.4 Å². The molecule has 2 aromatic carbocycles. The fraction of sp³-hybridized carbons (Fsp3) is 0.211. The number of aliphatic imine (C=N–C) groups is 1. The number of nitrogens with zero attached hydrogens (tertiary/aromatic N) is 4. The molecule has 0 saturated heterocycles. The standard InChI is InChI=1S/C19H14Cl2N4/c20-12-7-8-16-14(9-12)18(13-3-1-2-4-15(13)21)22-10-17-23-24-19(25(16)17)11-5-6-11/h1-4,7-9,11H,5-6,10H2. The average Bonchev–Trinajstić information content (AvgIpc) is 3.39. The van der Waals surface area contributed by atoms with E-state index < -0.39 is 0 Å². The van der Waals surface area contributed by atoms with Crippen molar-refractivity contribution < 1.29 is 0 Å². The second kappa shape index (κ2) is 5.68. The summed E-state index contributed by atoms with van der Waals surface area (Å²) in [7, 11) is 0. The van der Waals surface area contributed by atoms with Gasteiger partial charge < -0.3 is 0 Å². The Bertz CT molecular complexity index is 1020. The van der Waals surface area contributed by atoms with Crippen LogP contribution in [0.25, 0.3) is 5.69 Å². The van der Waals surface area contributed by atoms with Crippen molar-refractivity contribution in [1.82, 2.24) is 14.8 Å². The maximum atomic E-state index is 6.45. The second-order valence-electron chi connectivity index (χ2n) is 6.39. The van der Waals surface area contributed by atoms with Gasteiger partial charge in [-0.3, -0.25) is 9.56 Å². The van der Waals surface area contributed by atoms with Gasteiger partial charge in [-0.2, -0.15) is 0 Å². The van der Waals surface area contributed by atoms with Crippen molar-refractivity contribution in [3.63, 3.8) is 0 Å². The molecule has 0 atom stereocenters. The highest BCUT2D eigenvalue weighted by Crippen LogP contribution is 2.41. The zero-order valence-electron chi connectivity index (χ0n) is 13.3. The summed E-state index contributed by atoms with van der Waals surface area (Å²) < 4.78 is 2.15. The van der Waals surface area contributed by atoms with E-state index in [1.807, 2.05) is 42.5 Å². The van der Waals surface area contributed by atoms with Gasteiger partial charge in [-0.1, -0.05) is 41.4 Å². The van der Waals surface area contributed by atoms with E-state index in [1.54, 1.807) is 0 Å². The van der Waals surface area contributed by atoms with E-state index in [0.29, 0.717) is 22.5 Å². The molecule has 1 aliphatic heterocycles. The number of aromatic nitrogens is 3. The second-order valence-corrected chi connectivity index (χ2v) is 7.23. The lowest BCUT2D eigenvalue weighted by Crippen LogP contribution is -2.09. The molecule has 25 heavy (non-hydrogen) atoms. The number of benzene rings is 2. The van der Waals surface area contributed by atoms with Gasteiger partial charge in [0, 0.05) is 27.1 Å². The summed E-state index contributed by atoms with van der Waals surface area (Å²) in [6.45, 7) is 0.465. The van der Waals surface area contributed by atoms with Gasteiger partial charge in [-0.15, -0.1) is 10.2 Å². The molecule has 124 valence electrons. The van der Waals surface area contributed by atoms with E-state index >= 15 is 0 Å². The molecule has 0 unspecified atom stereocenters. The Balaban J connectivity index is 1.78. The fourth-order valence-corrected chi connectivity index (χ4v) is 3.71. The van der Waals surface area contributed by atoms with E-state index in [0.717, 1.165) is 34.2 Å². The van der Waals surface area contributed by atoms with Gasteiger partial charge in [0.2, 0.25) is 0 Å². The molecule has 5 rings (SSSR count). The maximum absolute atomic E-state index is 6.45. The zero-order valence-corrected chi connectivity index (χ0v) is 14.8. The van der Waals surface area contributed by atoms with Crippen LogP contribution in [-0.2, 0) is 6.54 Å². The van der Waals surface area contributed by atoms with Crippen molar-refractivity contribution >= 4 is 28.9 Å². The normalized spacial score (nSPS) is 16.0. The average molecular weight is 369 g/mol. The monoisotopic (exact) mass is 368 g/mol. The lowest BCUT2D eigenvalue weighted by Gasteiger charge is -2.14. The van der Waals surface area contributed by atoms with Crippen LogP contribution in [-0.4, -0.2) is 20.5 Å². The van der Waals surface area contributed by atoms with Crippen LogP contribution in [0.1, 0.15) is 41.5 Å². The Labute approximate surface area is 155 Å². The predicted octanol–water partition coefficient (Wildman–Crippen LogP) is 4.80. The van der Waals surface area contributed by atoms with Gasteiger partial charge in [-0.05, 0) is 37.1 Å². The van der Waals surface area contributed by atoms with Gasteiger partial charge in [0.15, 0.2) is 5.82 Å². The minimum atomic E-state index is 0.465. The lowest BCUT2D eigenvalue weighted by molar-refractivity contribution is 0.833. The number of hydrogen-bond acceptors (Lipinski definition) is 3. The SMILES string of the molecule is Clc1ccc2c(c1)C(c1ccccc1Cl)=NCc1nnc(C3CC3)n1-2. The molecule has 6 heteroatoms. The first-order valence-corrected chi connectivity index (χ1v) is 9.02. The number of halogens is 2. The molecule has 3 aromatic rings. The topological polar surface area (TPSA) is 43.1 Å². The molecule has 1 saturated carbocycles. The van der Waals surface area contributed by atoms with Crippen LogP contribution in [0, 0.1) is 0 Å². The van der Waals surface area contributed by atoms with E-state index in [2.05, 4.69) is 14.8 Å². The summed E-state index contributed by atoms with van der Waals surface area (Å²) >= 11 is 12.8.